The van der Waals surface area contributed by atoms with E-state index in [4.69, 9.17) is 0 Å². The van der Waals surface area contributed by atoms with Crippen molar-refractivity contribution in [2.45, 2.75) is 39.7 Å². The summed E-state index contributed by atoms with van der Waals surface area (Å²) in [6, 6.07) is 4.47. The fraction of sp³-hybridized carbons (Fsp3) is 0.500. The van der Waals surface area contributed by atoms with Gasteiger partial charge >= 0.3 is 0 Å². The second kappa shape index (κ2) is 6.36. The number of anilines is 1. The Hall–Kier alpha value is -2.11. The molecule has 1 rings (SSSR count). The minimum atomic E-state index is -0.480. The minimum Gasteiger partial charge on any atom is -0.380 e. The number of nitro groups is 1. The Morgan fingerprint density at radius 1 is 1.35 bits per heavy atom. The lowest BCUT2D eigenvalue weighted by Crippen LogP contribution is -2.40. The Morgan fingerprint density at radius 3 is 2.50 bits per heavy atom. The summed E-state index contributed by atoms with van der Waals surface area (Å²) in [7, 11) is 0. The number of nitro benzene ring substituents is 1. The number of hydrogen-bond donors (Lipinski definition) is 2. The number of amides is 1. The van der Waals surface area contributed by atoms with Gasteiger partial charge in [0, 0.05) is 23.7 Å². The molecule has 0 heterocycles. The molecule has 0 fully saturated rings. The summed E-state index contributed by atoms with van der Waals surface area (Å²) in [5.74, 6) is -0.317. The third-order valence-corrected chi connectivity index (χ3v) is 2.51. The average Bonchev–Trinajstić information content (AvgIpc) is 2.33. The van der Waals surface area contributed by atoms with Gasteiger partial charge in [0.2, 0.25) is 0 Å². The van der Waals surface area contributed by atoms with E-state index < -0.39 is 4.92 Å². The molecule has 0 aliphatic carbocycles. The SMILES string of the molecule is CCCNc1ccc(C(=O)NC(C)(C)C)cc1[N+](=O)[O-]. The van der Waals surface area contributed by atoms with E-state index in [1.807, 2.05) is 27.7 Å². The van der Waals surface area contributed by atoms with Crippen LogP contribution in [0.3, 0.4) is 0 Å². The quantitative estimate of drug-likeness (QED) is 0.641. The number of nitrogens with one attached hydrogen (secondary N) is 2. The molecule has 1 amide bonds. The van der Waals surface area contributed by atoms with E-state index in [1.54, 1.807) is 12.1 Å². The summed E-state index contributed by atoms with van der Waals surface area (Å²) in [5, 5.41) is 16.8. The second-order valence-corrected chi connectivity index (χ2v) is 5.62. The third-order valence-electron chi connectivity index (χ3n) is 2.51. The molecule has 6 heteroatoms. The Labute approximate surface area is 118 Å². The van der Waals surface area contributed by atoms with Crippen molar-refractivity contribution in [1.82, 2.24) is 5.32 Å². The van der Waals surface area contributed by atoms with Crippen LogP contribution in [0.1, 0.15) is 44.5 Å². The lowest BCUT2D eigenvalue weighted by atomic mass is 10.1. The zero-order valence-corrected chi connectivity index (χ0v) is 12.3. The van der Waals surface area contributed by atoms with E-state index in [9.17, 15) is 14.9 Å². The molecule has 2 N–H and O–H groups in total. The molecule has 0 saturated carbocycles. The van der Waals surface area contributed by atoms with Crippen molar-refractivity contribution in [3.05, 3.63) is 33.9 Å². The van der Waals surface area contributed by atoms with Gasteiger partial charge < -0.3 is 10.6 Å². The molecule has 1 aromatic rings. The maximum atomic E-state index is 12.0. The van der Waals surface area contributed by atoms with Gasteiger partial charge in [0.25, 0.3) is 11.6 Å². The Morgan fingerprint density at radius 2 is 2.00 bits per heavy atom. The molecule has 0 saturated heterocycles. The second-order valence-electron chi connectivity index (χ2n) is 5.62. The summed E-state index contributed by atoms with van der Waals surface area (Å²) < 4.78 is 0. The van der Waals surface area contributed by atoms with Crippen LogP contribution in [0.15, 0.2) is 18.2 Å². The highest BCUT2D eigenvalue weighted by atomic mass is 16.6. The number of nitrogens with zero attached hydrogens (tertiary/aromatic N) is 1. The van der Waals surface area contributed by atoms with E-state index >= 15 is 0 Å². The Balaban J connectivity index is 3.04. The van der Waals surface area contributed by atoms with Gasteiger partial charge in [-0.3, -0.25) is 14.9 Å². The summed E-state index contributed by atoms with van der Waals surface area (Å²) in [6.07, 6.45) is 0.864. The van der Waals surface area contributed by atoms with Crippen molar-refractivity contribution in [1.29, 1.82) is 0 Å². The molecule has 0 atom stereocenters. The molecule has 0 spiro atoms. The highest BCUT2D eigenvalue weighted by Crippen LogP contribution is 2.25. The van der Waals surface area contributed by atoms with Crippen LogP contribution in [-0.4, -0.2) is 22.9 Å². The van der Waals surface area contributed by atoms with Crippen molar-refractivity contribution in [2.75, 3.05) is 11.9 Å². The van der Waals surface area contributed by atoms with E-state index in [0.29, 0.717) is 12.2 Å². The zero-order chi connectivity index (χ0) is 15.3. The van der Waals surface area contributed by atoms with Gasteiger partial charge in [-0.25, -0.2) is 0 Å². The van der Waals surface area contributed by atoms with Gasteiger partial charge in [0.1, 0.15) is 5.69 Å². The molecule has 0 radical (unpaired) electrons. The van der Waals surface area contributed by atoms with E-state index in [1.165, 1.54) is 6.07 Å². The zero-order valence-electron chi connectivity index (χ0n) is 12.3. The predicted octanol–water partition coefficient (Wildman–Crippen LogP) is 2.95. The molecular formula is C14H21N3O3. The molecular weight excluding hydrogens is 258 g/mol. The van der Waals surface area contributed by atoms with Crippen molar-refractivity contribution >= 4 is 17.3 Å². The Bertz CT molecular complexity index is 507. The topological polar surface area (TPSA) is 84.3 Å². The summed E-state index contributed by atoms with van der Waals surface area (Å²) in [5.41, 5.74) is 0.253. The van der Waals surface area contributed by atoms with Crippen LogP contribution in [-0.2, 0) is 0 Å². The summed E-state index contributed by atoms with van der Waals surface area (Å²) in [6.45, 7) is 8.20. The van der Waals surface area contributed by atoms with Gasteiger partial charge in [0.05, 0.1) is 4.92 Å². The van der Waals surface area contributed by atoms with Gasteiger partial charge in [-0.1, -0.05) is 6.92 Å². The molecule has 0 bridgehead atoms. The smallest absolute Gasteiger partial charge is 0.293 e. The Kier molecular flexibility index (Phi) is 5.07. The highest BCUT2D eigenvalue weighted by Gasteiger charge is 2.20. The maximum Gasteiger partial charge on any atom is 0.293 e. The van der Waals surface area contributed by atoms with Crippen LogP contribution >= 0.6 is 0 Å². The van der Waals surface area contributed by atoms with E-state index in [0.717, 1.165) is 6.42 Å². The lowest BCUT2D eigenvalue weighted by molar-refractivity contribution is -0.384. The number of benzene rings is 1. The van der Waals surface area contributed by atoms with Crippen LogP contribution in [0.25, 0.3) is 0 Å². The normalized spacial score (nSPS) is 11.0. The van der Waals surface area contributed by atoms with Crippen molar-refractivity contribution in [2.24, 2.45) is 0 Å². The molecule has 0 unspecified atom stereocenters. The molecule has 110 valence electrons. The fourth-order valence-corrected chi connectivity index (χ4v) is 1.65. The summed E-state index contributed by atoms with van der Waals surface area (Å²) >= 11 is 0. The largest absolute Gasteiger partial charge is 0.380 e. The van der Waals surface area contributed by atoms with Crippen LogP contribution < -0.4 is 10.6 Å². The lowest BCUT2D eigenvalue weighted by Gasteiger charge is -2.20. The van der Waals surface area contributed by atoms with Crippen molar-refractivity contribution in [3.8, 4) is 0 Å². The molecule has 0 aliphatic rings. The third kappa shape index (κ3) is 4.53. The first kappa shape index (κ1) is 15.9. The van der Waals surface area contributed by atoms with Crippen molar-refractivity contribution < 1.29 is 9.72 Å². The first-order chi connectivity index (χ1) is 9.24. The first-order valence-corrected chi connectivity index (χ1v) is 6.59. The fourth-order valence-electron chi connectivity index (χ4n) is 1.65. The molecule has 0 aliphatic heterocycles. The van der Waals surface area contributed by atoms with Gasteiger partial charge in [-0.05, 0) is 39.3 Å². The van der Waals surface area contributed by atoms with E-state index in [2.05, 4.69) is 10.6 Å². The van der Waals surface area contributed by atoms with Crippen LogP contribution in [0.4, 0.5) is 11.4 Å². The summed E-state index contributed by atoms with van der Waals surface area (Å²) in [4.78, 5) is 22.6. The molecule has 0 aromatic heterocycles. The highest BCUT2D eigenvalue weighted by molar-refractivity contribution is 5.96. The average molecular weight is 279 g/mol. The minimum absolute atomic E-state index is 0.0833. The molecule has 6 nitrogen and oxygen atoms in total. The number of carbonyl (C=O) groups excluding carboxylic acids is 1. The van der Waals surface area contributed by atoms with Crippen LogP contribution in [0.5, 0.6) is 0 Å². The molecule has 1 aromatic carbocycles. The van der Waals surface area contributed by atoms with Crippen LogP contribution in [0.2, 0.25) is 0 Å². The first-order valence-electron chi connectivity index (χ1n) is 6.59. The number of rotatable bonds is 5. The monoisotopic (exact) mass is 279 g/mol. The number of carbonyl (C=O) groups is 1. The maximum absolute atomic E-state index is 12.0. The number of hydrogen-bond acceptors (Lipinski definition) is 4. The molecule has 20 heavy (non-hydrogen) atoms. The van der Waals surface area contributed by atoms with Gasteiger partial charge in [-0.15, -0.1) is 0 Å². The predicted molar refractivity (Wildman–Crippen MR) is 79.1 cm³/mol. The van der Waals surface area contributed by atoms with Crippen molar-refractivity contribution in [3.63, 3.8) is 0 Å². The van der Waals surface area contributed by atoms with Crippen LogP contribution in [0, 0.1) is 10.1 Å². The van der Waals surface area contributed by atoms with Gasteiger partial charge in [0.15, 0.2) is 0 Å². The van der Waals surface area contributed by atoms with E-state index in [-0.39, 0.29) is 22.7 Å². The van der Waals surface area contributed by atoms with Gasteiger partial charge in [-0.2, -0.15) is 0 Å². The standard InChI is InChI=1S/C14H21N3O3/c1-5-8-15-11-7-6-10(9-12(11)17(19)20)13(18)16-14(2,3)4/h6-7,9,15H,5,8H2,1-4H3,(H,16,18).